The van der Waals surface area contributed by atoms with Crippen molar-refractivity contribution in [2.45, 2.75) is 81.1 Å². The van der Waals surface area contributed by atoms with Gasteiger partial charge in [-0.3, -0.25) is 0 Å². The molecule has 0 heterocycles. The third-order valence-electron chi connectivity index (χ3n) is 4.42. The summed E-state index contributed by atoms with van der Waals surface area (Å²) in [4.78, 5) is 4.31. The maximum absolute atomic E-state index is 5.06. The first-order valence-corrected chi connectivity index (χ1v) is 12.4. The van der Waals surface area contributed by atoms with E-state index in [0.717, 1.165) is 49.9 Å². The molecule has 0 aliphatic heterocycles. The summed E-state index contributed by atoms with van der Waals surface area (Å²) in [6, 6.07) is 0. The van der Waals surface area contributed by atoms with E-state index in [-0.39, 0.29) is 27.3 Å². The summed E-state index contributed by atoms with van der Waals surface area (Å²) in [5.41, 5.74) is 0. The third kappa shape index (κ3) is 25.3. The first kappa shape index (κ1) is 34.7. The zero-order valence-corrected chi connectivity index (χ0v) is 27.1. The molecule has 2 radical (unpaired) electrons. The van der Waals surface area contributed by atoms with Gasteiger partial charge in [-0.2, -0.15) is 0 Å². The zero-order chi connectivity index (χ0) is 22.3. The summed E-state index contributed by atoms with van der Waals surface area (Å²) in [5.74, 6) is 2.89. The van der Waals surface area contributed by atoms with Gasteiger partial charge in [0, 0.05) is 26.2 Å². The van der Waals surface area contributed by atoms with E-state index in [1.807, 2.05) is 0 Å². The van der Waals surface area contributed by atoms with Crippen LogP contribution >= 0.6 is 24.4 Å². The van der Waals surface area contributed by atoms with Crippen molar-refractivity contribution in [1.82, 2.24) is 9.80 Å². The molecule has 0 bridgehead atoms. The molecule has 0 spiro atoms. The van der Waals surface area contributed by atoms with E-state index in [4.69, 9.17) is 49.7 Å². The second-order valence-corrected chi connectivity index (χ2v) is 11.3. The predicted molar refractivity (Wildman–Crippen MR) is 147 cm³/mol. The molecule has 2 nitrogen and oxygen atoms in total. The molecule has 0 aromatic carbocycles. The number of nitrogens with zero attached hydrogens (tertiary/aromatic N) is 2. The van der Waals surface area contributed by atoms with E-state index in [9.17, 15) is 0 Å². The van der Waals surface area contributed by atoms with Gasteiger partial charge in [0.15, 0.2) is 0 Å². The Kier molecular flexibility index (Phi) is 25.2. The van der Waals surface area contributed by atoms with Gasteiger partial charge in [-0.25, -0.2) is 0 Å². The Balaban J connectivity index is -0.000000451. The molecule has 0 aliphatic carbocycles. The normalized spacial score (nSPS) is 10.6. The maximum Gasteiger partial charge on any atom is 2.00 e. The van der Waals surface area contributed by atoms with E-state index >= 15 is 0 Å². The molecule has 0 N–H and O–H groups in total. The summed E-state index contributed by atoms with van der Waals surface area (Å²) in [6.45, 7) is 21.9. The summed E-state index contributed by atoms with van der Waals surface area (Å²) in [6.07, 6.45) is 4.70. The number of thiocarbonyl (C=S) groups is 2. The molecule has 0 aromatic heterocycles. The van der Waals surface area contributed by atoms with Crippen molar-refractivity contribution in [2.24, 2.45) is 23.7 Å². The van der Waals surface area contributed by atoms with Crippen LogP contribution in [-0.2, 0) is 25.3 Å². The first-order chi connectivity index (χ1) is 12.9. The van der Waals surface area contributed by atoms with Crippen molar-refractivity contribution in [3.05, 3.63) is 0 Å². The van der Waals surface area contributed by atoms with E-state index < -0.39 is 0 Å². The van der Waals surface area contributed by atoms with Crippen molar-refractivity contribution in [1.29, 1.82) is 0 Å². The third-order valence-corrected chi connectivity index (χ3v) is 5.45. The van der Waals surface area contributed by atoms with Crippen LogP contribution in [0.1, 0.15) is 81.1 Å². The molecular formula is C22H44N2PbS4. The Labute approximate surface area is 224 Å². The molecular weight excluding hydrogens is 628 g/mol. The molecule has 0 amide bonds. The van der Waals surface area contributed by atoms with Gasteiger partial charge >= 0.3 is 27.3 Å². The van der Waals surface area contributed by atoms with Crippen molar-refractivity contribution in [3.8, 4) is 0 Å². The fraction of sp³-hybridized carbons (Fsp3) is 0.909. The largest absolute Gasteiger partial charge is 2.00 e. The Morgan fingerprint density at radius 1 is 0.552 bits per heavy atom. The SMILES string of the molecule is CC(C)CCN(CCC(C)C)C(=S)[S-].CC(C)CCN(CCC(C)C)C(=S)[S-].[Pb+2]. The van der Waals surface area contributed by atoms with Gasteiger partial charge < -0.3 is 59.5 Å². The van der Waals surface area contributed by atoms with Crippen LogP contribution in [0.3, 0.4) is 0 Å². The van der Waals surface area contributed by atoms with Crippen molar-refractivity contribution >= 4 is 85.6 Å². The van der Waals surface area contributed by atoms with Gasteiger partial charge in [0.25, 0.3) is 0 Å². The van der Waals surface area contributed by atoms with Crippen LogP contribution in [0.25, 0.3) is 0 Å². The molecule has 0 fully saturated rings. The fourth-order valence-electron chi connectivity index (χ4n) is 2.24. The van der Waals surface area contributed by atoms with Crippen molar-refractivity contribution in [3.63, 3.8) is 0 Å². The Bertz CT molecular complexity index is 354. The van der Waals surface area contributed by atoms with Crippen LogP contribution in [0.2, 0.25) is 0 Å². The van der Waals surface area contributed by atoms with Crippen LogP contribution in [0.15, 0.2) is 0 Å². The van der Waals surface area contributed by atoms with Gasteiger partial charge in [0.05, 0.1) is 0 Å². The molecule has 0 saturated heterocycles. The maximum atomic E-state index is 5.06. The molecule has 0 saturated carbocycles. The molecule has 0 atom stereocenters. The van der Waals surface area contributed by atoms with Crippen molar-refractivity contribution in [2.75, 3.05) is 26.2 Å². The smallest absolute Gasteiger partial charge is 0.411 e. The van der Waals surface area contributed by atoms with E-state index in [2.05, 4.69) is 65.2 Å². The summed E-state index contributed by atoms with van der Waals surface area (Å²) < 4.78 is 1.26. The Morgan fingerprint density at radius 2 is 0.724 bits per heavy atom. The first-order valence-electron chi connectivity index (χ1n) is 10.8. The number of hydrogen-bond donors (Lipinski definition) is 0. The number of rotatable bonds is 12. The average Bonchev–Trinajstić information content (AvgIpc) is 2.53. The molecule has 29 heavy (non-hydrogen) atoms. The molecule has 170 valence electrons. The minimum atomic E-state index is 0. The fourth-order valence-corrected chi connectivity index (χ4v) is 2.98. The van der Waals surface area contributed by atoms with Crippen LogP contribution in [0.4, 0.5) is 0 Å². The minimum Gasteiger partial charge on any atom is -0.411 e. The molecule has 0 unspecified atom stereocenters. The van der Waals surface area contributed by atoms with Gasteiger partial charge in [0.2, 0.25) is 0 Å². The second kappa shape index (κ2) is 21.0. The standard InChI is InChI=1S/2C11H23NS2.Pb/c2*1-9(2)5-7-12(11(13)14)8-6-10(3)4;/h2*9-10H,5-8H2,1-4H3,(H,13,14);/q;;+2/p-2. The van der Waals surface area contributed by atoms with Gasteiger partial charge in [-0.15, -0.1) is 0 Å². The van der Waals surface area contributed by atoms with Gasteiger partial charge in [0.1, 0.15) is 0 Å². The minimum absolute atomic E-state index is 0. The quantitative estimate of drug-likeness (QED) is 0.141. The van der Waals surface area contributed by atoms with E-state index in [1.54, 1.807) is 0 Å². The van der Waals surface area contributed by atoms with Crippen LogP contribution in [-0.4, -0.2) is 71.9 Å². The van der Waals surface area contributed by atoms with Gasteiger partial charge in [-0.1, -0.05) is 64.0 Å². The van der Waals surface area contributed by atoms with E-state index in [0.29, 0.717) is 8.64 Å². The van der Waals surface area contributed by atoms with Crippen LogP contribution < -0.4 is 0 Å². The molecule has 0 aliphatic rings. The topological polar surface area (TPSA) is 6.48 Å². The molecule has 0 rings (SSSR count). The van der Waals surface area contributed by atoms with E-state index in [1.165, 1.54) is 25.7 Å². The average molecular weight is 672 g/mol. The molecule has 0 aromatic rings. The summed E-state index contributed by atoms with van der Waals surface area (Å²) >= 11 is 20.2. The van der Waals surface area contributed by atoms with Crippen LogP contribution in [0.5, 0.6) is 0 Å². The monoisotopic (exact) mass is 672 g/mol. The van der Waals surface area contributed by atoms with Crippen molar-refractivity contribution < 1.29 is 0 Å². The van der Waals surface area contributed by atoms with Crippen LogP contribution in [0, 0.1) is 23.7 Å². The van der Waals surface area contributed by atoms with Gasteiger partial charge in [-0.05, 0) is 49.4 Å². The Morgan fingerprint density at radius 3 is 0.828 bits per heavy atom. The Hall–Kier alpha value is 1.14. The number of hydrogen-bond acceptors (Lipinski definition) is 4. The summed E-state index contributed by atoms with van der Waals surface area (Å²) in [5, 5.41) is 0. The second-order valence-electron chi connectivity index (χ2n) is 9.24. The molecule has 7 heteroatoms. The zero-order valence-electron chi connectivity index (χ0n) is 20.0. The summed E-state index contributed by atoms with van der Waals surface area (Å²) in [7, 11) is 0. The predicted octanol–water partition coefficient (Wildman–Crippen LogP) is 6.04.